The second-order valence-electron chi connectivity index (χ2n) is 8.07. The third-order valence-corrected chi connectivity index (χ3v) is 6.22. The van der Waals surface area contributed by atoms with Crippen LogP contribution in [0.25, 0.3) is 0 Å². The van der Waals surface area contributed by atoms with E-state index in [0.717, 1.165) is 55.6 Å². The lowest BCUT2D eigenvalue weighted by Crippen LogP contribution is -2.47. The number of rotatable bonds is 4. The summed E-state index contributed by atoms with van der Waals surface area (Å²) < 4.78 is 0. The molecule has 0 saturated carbocycles. The van der Waals surface area contributed by atoms with E-state index in [9.17, 15) is 14.8 Å². The Balaban J connectivity index is 1.36. The van der Waals surface area contributed by atoms with E-state index in [1.165, 1.54) is 5.56 Å². The van der Waals surface area contributed by atoms with Crippen LogP contribution in [0.5, 0.6) is 0 Å². The van der Waals surface area contributed by atoms with Gasteiger partial charge in [0.25, 0.3) is 0 Å². The van der Waals surface area contributed by atoms with Crippen molar-refractivity contribution in [3.63, 3.8) is 0 Å². The molecule has 1 atom stereocenters. The molecule has 1 amide bonds. The molecule has 2 aliphatic rings. The first-order chi connectivity index (χ1) is 14.0. The van der Waals surface area contributed by atoms with Gasteiger partial charge in [-0.2, -0.15) is 0 Å². The largest absolute Gasteiger partial charge is 0.488 e. The summed E-state index contributed by atoms with van der Waals surface area (Å²) in [7, 11) is -1.47. The lowest BCUT2D eigenvalue weighted by molar-refractivity contribution is -0.133. The molecular weight excluding hydrogens is 365 g/mol. The predicted octanol–water partition coefficient (Wildman–Crippen LogP) is 0.958. The molecule has 152 valence electrons. The van der Waals surface area contributed by atoms with Crippen molar-refractivity contribution in [2.45, 2.75) is 44.2 Å². The highest BCUT2D eigenvalue weighted by Gasteiger charge is 2.31. The molecule has 5 N–H and O–H groups in total. The fraction of sp³-hybridized carbons (Fsp3) is 0.409. The summed E-state index contributed by atoms with van der Waals surface area (Å²) in [6.45, 7) is 2.10. The highest BCUT2D eigenvalue weighted by Crippen LogP contribution is 2.30. The second-order valence-corrected chi connectivity index (χ2v) is 8.07. The Kier molecular flexibility index (Phi) is 5.90. The Morgan fingerprint density at radius 1 is 1.14 bits per heavy atom. The summed E-state index contributed by atoms with van der Waals surface area (Å²) in [4.78, 5) is 15.0. The number of carbonyl (C=O) groups excluding carboxylic acids is 1. The van der Waals surface area contributed by atoms with Crippen molar-refractivity contribution in [3.8, 4) is 0 Å². The van der Waals surface area contributed by atoms with Crippen LogP contribution in [0, 0.1) is 0 Å². The molecule has 7 heteroatoms. The van der Waals surface area contributed by atoms with Crippen LogP contribution < -0.4 is 16.5 Å². The number of nitrogens with two attached hydrogens (primary N) is 1. The first kappa shape index (κ1) is 19.9. The van der Waals surface area contributed by atoms with E-state index < -0.39 is 7.12 Å². The number of fused-ring (bicyclic) bond motifs is 1. The molecule has 0 aromatic heterocycles. The van der Waals surface area contributed by atoms with Gasteiger partial charge in [-0.15, -0.1) is 0 Å². The lowest BCUT2D eigenvalue weighted by Gasteiger charge is -2.36. The third kappa shape index (κ3) is 4.32. The number of hydrogen-bond donors (Lipinski definition) is 4. The number of nitrogens with zero attached hydrogens (tertiary/aromatic N) is 1. The van der Waals surface area contributed by atoms with Crippen LogP contribution in [0.1, 0.15) is 41.9 Å². The quantitative estimate of drug-likeness (QED) is 0.580. The number of aryl methyl sites for hydroxylation is 1. The SMILES string of the molecule is NCc1cccc(C2CCN(C(=O)C3CCc4cc(B(O)O)ccc4N3)CC2)c1. The minimum atomic E-state index is -1.47. The Morgan fingerprint density at radius 3 is 2.66 bits per heavy atom. The zero-order valence-electron chi connectivity index (χ0n) is 16.6. The second kappa shape index (κ2) is 8.57. The van der Waals surface area contributed by atoms with E-state index in [2.05, 4.69) is 29.6 Å². The summed E-state index contributed by atoms with van der Waals surface area (Å²) in [6.07, 6.45) is 3.42. The maximum Gasteiger partial charge on any atom is 0.488 e. The van der Waals surface area contributed by atoms with Crippen LogP contribution in [0.2, 0.25) is 0 Å². The van der Waals surface area contributed by atoms with E-state index >= 15 is 0 Å². The van der Waals surface area contributed by atoms with Crippen molar-refractivity contribution in [1.82, 2.24) is 4.90 Å². The molecule has 2 aliphatic heterocycles. The third-order valence-electron chi connectivity index (χ3n) is 6.22. The summed E-state index contributed by atoms with van der Waals surface area (Å²) in [5, 5.41) is 22.0. The molecule has 4 rings (SSSR count). The molecular formula is C22H28BN3O3. The predicted molar refractivity (Wildman–Crippen MR) is 115 cm³/mol. The van der Waals surface area contributed by atoms with Gasteiger partial charge in [0.2, 0.25) is 5.91 Å². The number of nitrogens with one attached hydrogen (secondary N) is 1. The van der Waals surface area contributed by atoms with Crippen molar-refractivity contribution < 1.29 is 14.8 Å². The van der Waals surface area contributed by atoms with E-state index in [1.807, 2.05) is 11.0 Å². The maximum atomic E-state index is 13.0. The van der Waals surface area contributed by atoms with Crippen LogP contribution in [0.3, 0.4) is 0 Å². The van der Waals surface area contributed by atoms with Gasteiger partial charge >= 0.3 is 7.12 Å². The molecule has 2 heterocycles. The minimum absolute atomic E-state index is 0.163. The smallest absolute Gasteiger partial charge is 0.423 e. The number of benzene rings is 2. The van der Waals surface area contributed by atoms with Crippen LogP contribution in [0.15, 0.2) is 42.5 Å². The van der Waals surface area contributed by atoms with Crippen molar-refractivity contribution in [3.05, 3.63) is 59.2 Å². The average Bonchev–Trinajstić information content (AvgIpc) is 2.78. The van der Waals surface area contributed by atoms with Crippen LogP contribution in [-0.2, 0) is 17.8 Å². The molecule has 1 fully saturated rings. The summed E-state index contributed by atoms with van der Waals surface area (Å²) in [6, 6.07) is 13.6. The van der Waals surface area contributed by atoms with E-state index in [4.69, 9.17) is 5.73 Å². The topological polar surface area (TPSA) is 98.8 Å². The molecule has 0 aliphatic carbocycles. The van der Waals surface area contributed by atoms with Gasteiger partial charge in [0, 0.05) is 25.3 Å². The Bertz CT molecular complexity index is 881. The van der Waals surface area contributed by atoms with E-state index in [-0.39, 0.29) is 11.9 Å². The van der Waals surface area contributed by atoms with Crippen LogP contribution in [0.4, 0.5) is 5.69 Å². The fourth-order valence-electron chi connectivity index (χ4n) is 4.49. The molecule has 1 saturated heterocycles. The van der Waals surface area contributed by atoms with Crippen molar-refractivity contribution in [2.24, 2.45) is 5.73 Å². The van der Waals surface area contributed by atoms with Gasteiger partial charge < -0.3 is 26.0 Å². The standard InChI is InChI=1S/C22H28BN3O3/c24-14-15-2-1-3-17(12-15)16-8-10-26(11-9-16)22(27)21-6-4-18-13-19(23(28)29)5-7-20(18)25-21/h1-3,5,7,12-13,16,21,25,28-29H,4,6,8-11,14,24H2. The molecule has 6 nitrogen and oxygen atoms in total. The average molecular weight is 393 g/mol. The van der Waals surface area contributed by atoms with E-state index in [1.54, 1.807) is 12.1 Å². The van der Waals surface area contributed by atoms with E-state index in [0.29, 0.717) is 17.9 Å². The van der Waals surface area contributed by atoms with Crippen LogP contribution in [-0.4, -0.2) is 47.1 Å². The van der Waals surface area contributed by atoms with Gasteiger partial charge in [-0.05, 0) is 59.8 Å². The summed E-state index contributed by atoms with van der Waals surface area (Å²) >= 11 is 0. The zero-order chi connectivity index (χ0) is 20.4. The number of amides is 1. The normalized spacial score (nSPS) is 19.4. The summed E-state index contributed by atoms with van der Waals surface area (Å²) in [5.41, 5.74) is 10.7. The highest BCUT2D eigenvalue weighted by atomic mass is 16.4. The Hall–Kier alpha value is -2.35. The number of likely N-dealkylation sites (tertiary alicyclic amines) is 1. The molecule has 29 heavy (non-hydrogen) atoms. The molecule has 1 unspecified atom stereocenters. The number of hydrogen-bond acceptors (Lipinski definition) is 5. The van der Waals surface area contributed by atoms with Gasteiger partial charge in [-0.25, -0.2) is 0 Å². The van der Waals surface area contributed by atoms with Crippen molar-refractivity contribution in [1.29, 1.82) is 0 Å². The number of piperidine rings is 1. The van der Waals surface area contributed by atoms with Gasteiger partial charge in [0.05, 0.1) is 0 Å². The molecule has 2 aromatic carbocycles. The van der Waals surface area contributed by atoms with Gasteiger partial charge in [-0.3, -0.25) is 4.79 Å². The van der Waals surface area contributed by atoms with Crippen molar-refractivity contribution >= 4 is 24.2 Å². The van der Waals surface area contributed by atoms with Gasteiger partial charge in [0.1, 0.15) is 6.04 Å². The molecule has 0 bridgehead atoms. The Morgan fingerprint density at radius 2 is 1.93 bits per heavy atom. The molecule has 0 spiro atoms. The number of anilines is 1. The van der Waals surface area contributed by atoms with Gasteiger partial charge in [0.15, 0.2) is 0 Å². The monoisotopic (exact) mass is 393 g/mol. The molecule has 2 aromatic rings. The minimum Gasteiger partial charge on any atom is -0.423 e. The van der Waals surface area contributed by atoms with Gasteiger partial charge in [-0.1, -0.05) is 36.4 Å². The maximum absolute atomic E-state index is 13.0. The number of carbonyl (C=O) groups is 1. The fourth-order valence-corrected chi connectivity index (χ4v) is 4.49. The van der Waals surface area contributed by atoms with Crippen molar-refractivity contribution in [2.75, 3.05) is 18.4 Å². The Labute approximate surface area is 171 Å². The molecule has 0 radical (unpaired) electrons. The first-order valence-electron chi connectivity index (χ1n) is 10.4. The highest BCUT2D eigenvalue weighted by molar-refractivity contribution is 6.58. The zero-order valence-corrected chi connectivity index (χ0v) is 16.6. The van der Waals surface area contributed by atoms with Crippen LogP contribution >= 0.6 is 0 Å². The lowest BCUT2D eigenvalue weighted by atomic mass is 9.78. The summed E-state index contributed by atoms with van der Waals surface area (Å²) in [5.74, 6) is 0.644. The first-order valence-corrected chi connectivity index (χ1v) is 10.4.